The van der Waals surface area contributed by atoms with E-state index in [0.29, 0.717) is 22.0 Å². The molecule has 0 bridgehead atoms. The first kappa shape index (κ1) is 28.7. The summed E-state index contributed by atoms with van der Waals surface area (Å²) in [7, 11) is 0. The Labute approximate surface area is 242 Å². The SMILES string of the molecule is Cc1cccc(/C=C(/NC(=O)c2ccccc2)C(=O)Nc2cccc(SC(C)C(=O)Nc3ccc(Cl)cc3)c2)c1. The maximum Gasteiger partial charge on any atom is 0.272 e. The third kappa shape index (κ3) is 8.33. The molecule has 0 saturated carbocycles. The summed E-state index contributed by atoms with van der Waals surface area (Å²) >= 11 is 7.28. The molecule has 6 nitrogen and oxygen atoms in total. The average molecular weight is 570 g/mol. The number of nitrogens with one attached hydrogen (secondary N) is 3. The van der Waals surface area contributed by atoms with Gasteiger partial charge in [0.15, 0.2) is 0 Å². The van der Waals surface area contributed by atoms with Crippen molar-refractivity contribution < 1.29 is 14.4 Å². The van der Waals surface area contributed by atoms with E-state index in [0.717, 1.165) is 16.0 Å². The van der Waals surface area contributed by atoms with Crippen molar-refractivity contribution in [2.24, 2.45) is 0 Å². The minimum Gasteiger partial charge on any atom is -0.325 e. The van der Waals surface area contributed by atoms with Crippen LogP contribution < -0.4 is 16.0 Å². The summed E-state index contributed by atoms with van der Waals surface area (Å²) in [6.07, 6.45) is 1.64. The summed E-state index contributed by atoms with van der Waals surface area (Å²) in [6, 6.07) is 30.5. The Hall–Kier alpha value is -4.33. The lowest BCUT2D eigenvalue weighted by atomic mass is 10.1. The quantitative estimate of drug-likeness (QED) is 0.147. The van der Waals surface area contributed by atoms with E-state index in [1.54, 1.807) is 72.8 Å². The lowest BCUT2D eigenvalue weighted by Crippen LogP contribution is -2.30. The van der Waals surface area contributed by atoms with E-state index in [9.17, 15) is 14.4 Å². The molecule has 0 aliphatic heterocycles. The minimum atomic E-state index is -0.471. The van der Waals surface area contributed by atoms with Gasteiger partial charge in [0.25, 0.3) is 11.8 Å². The lowest BCUT2D eigenvalue weighted by Gasteiger charge is -2.14. The van der Waals surface area contributed by atoms with Gasteiger partial charge < -0.3 is 16.0 Å². The zero-order valence-corrected chi connectivity index (χ0v) is 23.6. The summed E-state index contributed by atoms with van der Waals surface area (Å²) in [5, 5.41) is 8.69. The molecule has 0 aliphatic carbocycles. The molecule has 0 fully saturated rings. The molecule has 3 amide bonds. The Morgan fingerprint density at radius 3 is 2.25 bits per heavy atom. The van der Waals surface area contributed by atoms with E-state index in [2.05, 4.69) is 16.0 Å². The number of rotatable bonds is 9. The third-order valence-electron chi connectivity index (χ3n) is 5.77. The molecule has 0 aromatic heterocycles. The predicted octanol–water partition coefficient (Wildman–Crippen LogP) is 7.18. The van der Waals surface area contributed by atoms with Crippen LogP contribution in [0.5, 0.6) is 0 Å². The van der Waals surface area contributed by atoms with Gasteiger partial charge in [-0.05, 0) is 80.1 Å². The van der Waals surface area contributed by atoms with Gasteiger partial charge in [-0.2, -0.15) is 0 Å². The number of anilines is 2. The summed E-state index contributed by atoms with van der Waals surface area (Å²) in [5.74, 6) is -1.02. The Morgan fingerprint density at radius 1 is 0.800 bits per heavy atom. The molecule has 0 aliphatic rings. The molecule has 3 N–H and O–H groups in total. The van der Waals surface area contributed by atoms with E-state index in [4.69, 9.17) is 11.6 Å². The molecule has 0 saturated heterocycles. The molecule has 0 heterocycles. The number of aryl methyl sites for hydroxylation is 1. The molecule has 4 rings (SSSR count). The van der Waals surface area contributed by atoms with Crippen molar-refractivity contribution in [3.63, 3.8) is 0 Å². The van der Waals surface area contributed by atoms with Gasteiger partial charge in [-0.15, -0.1) is 11.8 Å². The van der Waals surface area contributed by atoms with Gasteiger partial charge in [-0.1, -0.05) is 65.7 Å². The van der Waals surface area contributed by atoms with Crippen molar-refractivity contribution in [2.75, 3.05) is 10.6 Å². The molecule has 0 spiro atoms. The first-order chi connectivity index (χ1) is 19.3. The fourth-order valence-electron chi connectivity index (χ4n) is 3.75. The molecule has 8 heteroatoms. The summed E-state index contributed by atoms with van der Waals surface area (Å²) in [4.78, 5) is 39.7. The monoisotopic (exact) mass is 569 g/mol. The van der Waals surface area contributed by atoms with Crippen LogP contribution >= 0.6 is 23.4 Å². The number of benzene rings is 4. The van der Waals surface area contributed by atoms with Crippen LogP contribution in [0.1, 0.15) is 28.4 Å². The molecular weight excluding hydrogens is 542 g/mol. The molecular formula is C32H28ClN3O3S. The Morgan fingerprint density at radius 2 is 1.52 bits per heavy atom. The number of hydrogen-bond donors (Lipinski definition) is 3. The Kier molecular flexibility index (Phi) is 9.78. The van der Waals surface area contributed by atoms with Crippen LogP contribution in [0.15, 0.2) is 114 Å². The topological polar surface area (TPSA) is 87.3 Å². The number of amides is 3. The van der Waals surface area contributed by atoms with Crippen molar-refractivity contribution in [2.45, 2.75) is 24.0 Å². The zero-order valence-electron chi connectivity index (χ0n) is 22.0. The summed E-state index contributed by atoms with van der Waals surface area (Å²) in [5.41, 5.74) is 3.55. The van der Waals surface area contributed by atoms with E-state index in [1.807, 2.05) is 50.2 Å². The van der Waals surface area contributed by atoms with Crippen LogP contribution in [-0.2, 0) is 9.59 Å². The summed E-state index contributed by atoms with van der Waals surface area (Å²) < 4.78 is 0. The molecule has 1 unspecified atom stereocenters. The standard InChI is InChI=1S/C32H28ClN3O3S/c1-21-8-6-9-23(18-21)19-29(36-31(38)24-10-4-3-5-11-24)32(39)35-27-12-7-13-28(20-27)40-22(2)30(37)34-26-16-14-25(33)15-17-26/h3-20,22H,1-2H3,(H,34,37)(H,35,39)(H,36,38)/b29-19+. The van der Waals surface area contributed by atoms with E-state index >= 15 is 0 Å². The second kappa shape index (κ2) is 13.6. The highest BCUT2D eigenvalue weighted by Gasteiger charge is 2.17. The van der Waals surface area contributed by atoms with Crippen molar-refractivity contribution in [1.82, 2.24) is 5.32 Å². The van der Waals surface area contributed by atoms with Crippen molar-refractivity contribution in [1.29, 1.82) is 0 Å². The van der Waals surface area contributed by atoms with Gasteiger partial charge in [0, 0.05) is 26.9 Å². The molecule has 202 valence electrons. The lowest BCUT2D eigenvalue weighted by molar-refractivity contribution is -0.115. The van der Waals surface area contributed by atoms with Crippen LogP contribution in [0.2, 0.25) is 5.02 Å². The number of hydrogen-bond acceptors (Lipinski definition) is 4. The number of halogens is 1. The maximum atomic E-state index is 13.4. The predicted molar refractivity (Wildman–Crippen MR) is 164 cm³/mol. The van der Waals surface area contributed by atoms with Gasteiger partial charge in [0.1, 0.15) is 5.70 Å². The highest BCUT2D eigenvalue weighted by molar-refractivity contribution is 8.00. The summed E-state index contributed by atoms with van der Waals surface area (Å²) in [6.45, 7) is 3.77. The first-order valence-corrected chi connectivity index (χ1v) is 13.8. The Bertz CT molecular complexity index is 1540. The highest BCUT2D eigenvalue weighted by Crippen LogP contribution is 2.27. The average Bonchev–Trinajstić information content (AvgIpc) is 2.94. The second-order valence-electron chi connectivity index (χ2n) is 9.03. The fourth-order valence-corrected chi connectivity index (χ4v) is 4.80. The number of carbonyl (C=O) groups is 3. The van der Waals surface area contributed by atoms with Crippen LogP contribution in [0, 0.1) is 6.92 Å². The highest BCUT2D eigenvalue weighted by atomic mass is 35.5. The molecule has 4 aromatic rings. The third-order valence-corrected chi connectivity index (χ3v) is 7.11. The van der Waals surface area contributed by atoms with Crippen molar-refractivity contribution in [3.8, 4) is 0 Å². The fraction of sp³-hybridized carbons (Fsp3) is 0.0938. The number of carbonyl (C=O) groups excluding carboxylic acids is 3. The van der Waals surface area contributed by atoms with Gasteiger partial charge in [0.05, 0.1) is 5.25 Å². The second-order valence-corrected chi connectivity index (χ2v) is 10.9. The molecule has 4 aromatic carbocycles. The van der Waals surface area contributed by atoms with E-state index in [-0.39, 0.29) is 17.5 Å². The maximum absolute atomic E-state index is 13.4. The largest absolute Gasteiger partial charge is 0.325 e. The molecule has 1 atom stereocenters. The van der Waals surface area contributed by atoms with E-state index in [1.165, 1.54) is 11.8 Å². The van der Waals surface area contributed by atoms with Crippen LogP contribution in [0.3, 0.4) is 0 Å². The van der Waals surface area contributed by atoms with Crippen molar-refractivity contribution >= 4 is 58.5 Å². The van der Waals surface area contributed by atoms with Gasteiger partial charge in [-0.25, -0.2) is 0 Å². The molecule has 40 heavy (non-hydrogen) atoms. The zero-order chi connectivity index (χ0) is 28.5. The minimum absolute atomic E-state index is 0.105. The van der Waals surface area contributed by atoms with Crippen LogP contribution in [0.4, 0.5) is 11.4 Å². The van der Waals surface area contributed by atoms with Gasteiger partial charge in [-0.3, -0.25) is 14.4 Å². The van der Waals surface area contributed by atoms with Crippen LogP contribution in [0.25, 0.3) is 6.08 Å². The Balaban J connectivity index is 1.47. The molecule has 0 radical (unpaired) electrons. The van der Waals surface area contributed by atoms with Crippen molar-refractivity contribution in [3.05, 3.63) is 131 Å². The van der Waals surface area contributed by atoms with Crippen LogP contribution in [-0.4, -0.2) is 23.0 Å². The van der Waals surface area contributed by atoms with Gasteiger partial charge >= 0.3 is 0 Å². The van der Waals surface area contributed by atoms with E-state index < -0.39 is 11.2 Å². The first-order valence-electron chi connectivity index (χ1n) is 12.6. The smallest absolute Gasteiger partial charge is 0.272 e. The number of thioether (sulfide) groups is 1. The normalized spacial score (nSPS) is 11.8. The van der Waals surface area contributed by atoms with Gasteiger partial charge in [0.2, 0.25) is 5.91 Å².